The molecule has 0 bridgehead atoms. The number of carboxylic acid groups (broad SMARTS) is 1. The van der Waals surface area contributed by atoms with E-state index in [1.54, 1.807) is 13.2 Å². The van der Waals surface area contributed by atoms with Crippen LogP contribution in [-0.4, -0.2) is 34.7 Å². The summed E-state index contributed by atoms with van der Waals surface area (Å²) in [5.41, 5.74) is 0.841. The van der Waals surface area contributed by atoms with E-state index < -0.39 is 5.97 Å². The molecule has 0 aliphatic rings. The quantitative estimate of drug-likeness (QED) is 0.738. The van der Waals surface area contributed by atoms with Gasteiger partial charge in [0.15, 0.2) is 0 Å². The van der Waals surface area contributed by atoms with Crippen LogP contribution in [0.25, 0.3) is 0 Å². The van der Waals surface area contributed by atoms with Crippen molar-refractivity contribution in [1.29, 1.82) is 0 Å². The highest BCUT2D eigenvalue weighted by Crippen LogP contribution is 2.19. The number of nitrogens with one attached hydrogen (secondary N) is 2. The van der Waals surface area contributed by atoms with Gasteiger partial charge in [0, 0.05) is 11.8 Å². The number of hydrogen-bond acceptors (Lipinski definition) is 6. The van der Waals surface area contributed by atoms with Crippen molar-refractivity contribution < 1.29 is 14.6 Å². The topological polar surface area (TPSA) is 96.4 Å². The SMILES string of the molecule is COc1ccc(Nc2cc(NCC(=O)O)ncn2)cc1. The lowest BCUT2D eigenvalue weighted by Crippen LogP contribution is -2.13. The third-order valence-electron chi connectivity index (χ3n) is 2.45. The molecule has 2 rings (SSSR count). The molecule has 0 saturated carbocycles. The maximum Gasteiger partial charge on any atom is 0.322 e. The average molecular weight is 274 g/mol. The molecule has 1 aromatic carbocycles. The molecule has 0 aliphatic heterocycles. The minimum Gasteiger partial charge on any atom is -0.497 e. The molecule has 2 aromatic rings. The predicted molar refractivity (Wildman–Crippen MR) is 74.4 cm³/mol. The number of rotatable bonds is 6. The van der Waals surface area contributed by atoms with E-state index in [9.17, 15) is 4.79 Å². The Kier molecular flexibility index (Phi) is 4.33. The van der Waals surface area contributed by atoms with Crippen LogP contribution in [0.15, 0.2) is 36.7 Å². The molecule has 1 aromatic heterocycles. The van der Waals surface area contributed by atoms with Crippen LogP contribution < -0.4 is 15.4 Å². The van der Waals surface area contributed by atoms with Crippen molar-refractivity contribution in [3.63, 3.8) is 0 Å². The van der Waals surface area contributed by atoms with Gasteiger partial charge in [0.05, 0.1) is 7.11 Å². The number of carboxylic acids is 1. The van der Waals surface area contributed by atoms with Crippen LogP contribution in [0.5, 0.6) is 5.75 Å². The van der Waals surface area contributed by atoms with Gasteiger partial charge in [-0.3, -0.25) is 4.79 Å². The summed E-state index contributed by atoms with van der Waals surface area (Å²) in [6.07, 6.45) is 1.36. The molecule has 104 valence electrons. The maximum atomic E-state index is 10.5. The zero-order valence-electron chi connectivity index (χ0n) is 10.8. The van der Waals surface area contributed by atoms with Crippen molar-refractivity contribution in [3.05, 3.63) is 36.7 Å². The van der Waals surface area contributed by atoms with Gasteiger partial charge in [0.2, 0.25) is 0 Å². The molecule has 0 atom stereocenters. The summed E-state index contributed by atoms with van der Waals surface area (Å²) in [6, 6.07) is 8.99. The zero-order chi connectivity index (χ0) is 14.4. The molecule has 0 unspecified atom stereocenters. The summed E-state index contributed by atoms with van der Waals surface area (Å²) < 4.78 is 5.07. The molecule has 0 spiro atoms. The van der Waals surface area contributed by atoms with Gasteiger partial charge in [-0.2, -0.15) is 0 Å². The van der Waals surface area contributed by atoms with Crippen LogP contribution in [0.3, 0.4) is 0 Å². The normalized spacial score (nSPS) is 9.85. The fourth-order valence-electron chi connectivity index (χ4n) is 1.51. The first-order chi connectivity index (χ1) is 9.67. The monoisotopic (exact) mass is 274 g/mol. The number of aliphatic carboxylic acids is 1. The number of hydrogen-bond donors (Lipinski definition) is 3. The van der Waals surface area contributed by atoms with Gasteiger partial charge in [-0.05, 0) is 24.3 Å². The van der Waals surface area contributed by atoms with Gasteiger partial charge >= 0.3 is 5.97 Å². The van der Waals surface area contributed by atoms with Crippen LogP contribution in [0.1, 0.15) is 0 Å². The van der Waals surface area contributed by atoms with Crippen molar-refractivity contribution in [2.75, 3.05) is 24.3 Å². The standard InChI is InChI=1S/C13H14N4O3/c1-20-10-4-2-9(3-5-10)17-12-6-11(15-8-16-12)14-7-13(18)19/h2-6,8H,7H2,1H3,(H,18,19)(H2,14,15,16,17). The second kappa shape index (κ2) is 6.37. The van der Waals surface area contributed by atoms with Gasteiger partial charge in [-0.15, -0.1) is 0 Å². The van der Waals surface area contributed by atoms with Gasteiger partial charge in [0.25, 0.3) is 0 Å². The van der Waals surface area contributed by atoms with Crippen LogP contribution >= 0.6 is 0 Å². The van der Waals surface area contributed by atoms with Crippen LogP contribution in [-0.2, 0) is 4.79 Å². The van der Waals surface area contributed by atoms with E-state index in [0.29, 0.717) is 11.6 Å². The van der Waals surface area contributed by atoms with E-state index in [1.165, 1.54) is 6.33 Å². The van der Waals surface area contributed by atoms with Crippen molar-refractivity contribution in [2.24, 2.45) is 0 Å². The van der Waals surface area contributed by atoms with Crippen LogP contribution in [0.2, 0.25) is 0 Å². The van der Waals surface area contributed by atoms with Crippen molar-refractivity contribution in [1.82, 2.24) is 9.97 Å². The molecule has 7 heteroatoms. The van der Waals surface area contributed by atoms with E-state index in [1.807, 2.05) is 24.3 Å². The number of benzene rings is 1. The van der Waals surface area contributed by atoms with Crippen molar-refractivity contribution in [3.8, 4) is 5.75 Å². The van der Waals surface area contributed by atoms with E-state index in [2.05, 4.69) is 20.6 Å². The Morgan fingerprint density at radius 3 is 2.60 bits per heavy atom. The summed E-state index contributed by atoms with van der Waals surface area (Å²) in [5, 5.41) is 14.4. The first-order valence-electron chi connectivity index (χ1n) is 5.86. The van der Waals surface area contributed by atoms with Gasteiger partial charge in [0.1, 0.15) is 30.3 Å². The first kappa shape index (κ1) is 13.6. The van der Waals surface area contributed by atoms with E-state index in [-0.39, 0.29) is 6.54 Å². The van der Waals surface area contributed by atoms with Crippen molar-refractivity contribution in [2.45, 2.75) is 0 Å². The molecule has 0 radical (unpaired) electrons. The lowest BCUT2D eigenvalue weighted by atomic mass is 10.3. The fraction of sp³-hybridized carbons (Fsp3) is 0.154. The summed E-state index contributed by atoms with van der Waals surface area (Å²) in [7, 11) is 1.60. The summed E-state index contributed by atoms with van der Waals surface area (Å²) in [4.78, 5) is 18.5. The Morgan fingerprint density at radius 1 is 1.25 bits per heavy atom. The number of ether oxygens (including phenoxy) is 1. The fourth-order valence-corrected chi connectivity index (χ4v) is 1.51. The number of aromatic nitrogens is 2. The van der Waals surface area contributed by atoms with Gasteiger partial charge in [-0.1, -0.05) is 0 Å². The van der Waals surface area contributed by atoms with Crippen LogP contribution in [0.4, 0.5) is 17.3 Å². The Labute approximate surface area is 115 Å². The van der Waals surface area contributed by atoms with Crippen molar-refractivity contribution >= 4 is 23.3 Å². The highest BCUT2D eigenvalue weighted by atomic mass is 16.5. The lowest BCUT2D eigenvalue weighted by molar-refractivity contribution is -0.134. The smallest absolute Gasteiger partial charge is 0.322 e. The number of methoxy groups -OCH3 is 1. The molecule has 0 aliphatic carbocycles. The van der Waals surface area contributed by atoms with Gasteiger partial charge in [-0.25, -0.2) is 9.97 Å². The second-order valence-corrected chi connectivity index (χ2v) is 3.89. The third kappa shape index (κ3) is 3.84. The number of nitrogens with zero attached hydrogens (tertiary/aromatic N) is 2. The molecule has 1 heterocycles. The average Bonchev–Trinajstić information content (AvgIpc) is 2.46. The van der Waals surface area contributed by atoms with Crippen LogP contribution in [0, 0.1) is 0 Å². The lowest BCUT2D eigenvalue weighted by Gasteiger charge is -2.08. The van der Waals surface area contributed by atoms with E-state index in [0.717, 1.165) is 11.4 Å². The first-order valence-corrected chi connectivity index (χ1v) is 5.86. The highest BCUT2D eigenvalue weighted by Gasteiger charge is 2.02. The summed E-state index contributed by atoms with van der Waals surface area (Å²) >= 11 is 0. The number of carbonyl (C=O) groups is 1. The molecule has 0 amide bonds. The Morgan fingerprint density at radius 2 is 1.95 bits per heavy atom. The summed E-state index contributed by atoms with van der Waals surface area (Å²) in [5.74, 6) is 0.826. The molecular weight excluding hydrogens is 260 g/mol. The Hall–Kier alpha value is -2.83. The Bertz CT molecular complexity index is 586. The largest absolute Gasteiger partial charge is 0.497 e. The maximum absolute atomic E-state index is 10.5. The predicted octanol–water partition coefficient (Wildman–Crippen LogP) is 1.73. The molecule has 7 nitrogen and oxygen atoms in total. The molecule has 0 fully saturated rings. The molecular formula is C13H14N4O3. The molecule has 3 N–H and O–H groups in total. The number of anilines is 3. The van der Waals surface area contributed by atoms with E-state index >= 15 is 0 Å². The minimum atomic E-state index is -0.951. The second-order valence-electron chi connectivity index (χ2n) is 3.89. The van der Waals surface area contributed by atoms with E-state index in [4.69, 9.17) is 9.84 Å². The zero-order valence-corrected chi connectivity index (χ0v) is 10.8. The molecule has 0 saturated heterocycles. The van der Waals surface area contributed by atoms with Gasteiger partial charge < -0.3 is 20.5 Å². The third-order valence-corrected chi connectivity index (χ3v) is 2.45. The minimum absolute atomic E-state index is 0.195. The molecule has 20 heavy (non-hydrogen) atoms. The Balaban J connectivity index is 2.04. The highest BCUT2D eigenvalue weighted by molar-refractivity contribution is 5.72. The summed E-state index contributed by atoms with van der Waals surface area (Å²) in [6.45, 7) is -0.195.